The van der Waals surface area contributed by atoms with Crippen molar-refractivity contribution in [2.75, 3.05) is 0 Å². The van der Waals surface area contributed by atoms with Crippen molar-refractivity contribution < 1.29 is 0 Å². The lowest BCUT2D eigenvalue weighted by Gasteiger charge is -2.23. The predicted octanol–water partition coefficient (Wildman–Crippen LogP) is 11.8. The molecule has 208 valence electrons. The number of rotatable bonds is 16. The van der Waals surface area contributed by atoms with E-state index < -0.39 is 0 Å². The topological polar surface area (TPSA) is 0 Å². The highest BCUT2D eigenvalue weighted by molar-refractivity contribution is 5.67. The molecule has 0 unspecified atom stereocenters. The number of allylic oxidation sites excluding steroid dienone is 3. The third-order valence-corrected chi connectivity index (χ3v) is 7.82. The SMILES string of the molecule is C=CCCCC[C@H](CCC(=C)CC(C)(C)C)Cc1ccc(C(=C)CC)c(Cc2ccc(C)c(C(C)C)c2)c1. The van der Waals surface area contributed by atoms with Crippen LogP contribution in [0.5, 0.6) is 0 Å². The van der Waals surface area contributed by atoms with E-state index in [1.807, 2.05) is 0 Å². The lowest BCUT2D eigenvalue weighted by Crippen LogP contribution is -2.09. The fraction of sp³-hybridized carbons (Fsp3) is 0.526. The molecule has 2 rings (SSSR count). The monoisotopic (exact) mass is 512 g/mol. The molecule has 2 aromatic carbocycles. The summed E-state index contributed by atoms with van der Waals surface area (Å²) in [5.41, 5.74) is 11.5. The standard InChI is InChI=1S/C38H56/c1-11-13-14-15-16-32(19-17-29(5)27-38(8,9)10)23-33-21-22-36(30(6)12-2)35(24-33)25-34-20-18-31(7)37(26-34)28(3)4/h11,18,20-22,24,26,28,32H,1,5-6,12-17,19,23,25,27H2,2-4,7-10H3/t32-/m1/s1. The first-order chi connectivity index (χ1) is 17.9. The third kappa shape index (κ3) is 10.8. The van der Waals surface area contributed by atoms with Gasteiger partial charge >= 0.3 is 0 Å². The van der Waals surface area contributed by atoms with Gasteiger partial charge in [0.2, 0.25) is 0 Å². The summed E-state index contributed by atoms with van der Waals surface area (Å²) in [4.78, 5) is 0. The van der Waals surface area contributed by atoms with Crippen LogP contribution in [0.2, 0.25) is 0 Å². The van der Waals surface area contributed by atoms with Gasteiger partial charge in [-0.1, -0.05) is 116 Å². The maximum absolute atomic E-state index is 4.43. The van der Waals surface area contributed by atoms with Gasteiger partial charge in [-0.15, -0.1) is 6.58 Å². The summed E-state index contributed by atoms with van der Waals surface area (Å²) >= 11 is 0. The molecule has 0 aliphatic carbocycles. The van der Waals surface area contributed by atoms with Gasteiger partial charge < -0.3 is 0 Å². The first-order valence-electron chi connectivity index (χ1n) is 15.1. The Morgan fingerprint density at radius 3 is 2.29 bits per heavy atom. The highest BCUT2D eigenvalue weighted by Crippen LogP contribution is 2.31. The minimum atomic E-state index is 0.314. The van der Waals surface area contributed by atoms with Crippen LogP contribution in [0.3, 0.4) is 0 Å². The molecule has 0 nitrogen and oxygen atoms in total. The molecule has 0 bridgehead atoms. The molecule has 0 radical (unpaired) electrons. The summed E-state index contributed by atoms with van der Waals surface area (Å²) in [5.74, 6) is 1.23. The van der Waals surface area contributed by atoms with Gasteiger partial charge in [0.15, 0.2) is 0 Å². The van der Waals surface area contributed by atoms with Crippen molar-refractivity contribution in [2.45, 2.75) is 119 Å². The van der Waals surface area contributed by atoms with Gasteiger partial charge in [0.1, 0.15) is 0 Å². The zero-order valence-corrected chi connectivity index (χ0v) is 25.9. The van der Waals surface area contributed by atoms with Gasteiger partial charge in [0, 0.05) is 0 Å². The molecule has 0 heterocycles. The summed E-state index contributed by atoms with van der Waals surface area (Å²) in [5, 5.41) is 0. The maximum atomic E-state index is 4.43. The highest BCUT2D eigenvalue weighted by atomic mass is 14.2. The van der Waals surface area contributed by atoms with Crippen molar-refractivity contribution in [3.63, 3.8) is 0 Å². The smallest absolute Gasteiger partial charge is 0.00195 e. The molecule has 0 N–H and O–H groups in total. The van der Waals surface area contributed by atoms with Crippen LogP contribution in [0.4, 0.5) is 0 Å². The zero-order chi connectivity index (χ0) is 28.3. The van der Waals surface area contributed by atoms with E-state index in [9.17, 15) is 0 Å². The van der Waals surface area contributed by atoms with E-state index in [2.05, 4.69) is 111 Å². The van der Waals surface area contributed by atoms with Crippen LogP contribution in [-0.4, -0.2) is 0 Å². The quantitative estimate of drug-likeness (QED) is 0.155. The summed E-state index contributed by atoms with van der Waals surface area (Å²) < 4.78 is 0. The fourth-order valence-electron chi connectivity index (χ4n) is 5.75. The Morgan fingerprint density at radius 1 is 0.947 bits per heavy atom. The number of hydrogen-bond donors (Lipinski definition) is 0. The Bertz CT molecular complexity index is 1060. The van der Waals surface area contributed by atoms with Gasteiger partial charge in [-0.3, -0.25) is 0 Å². The van der Waals surface area contributed by atoms with Gasteiger partial charge in [0.25, 0.3) is 0 Å². The molecule has 0 aliphatic rings. The van der Waals surface area contributed by atoms with Crippen LogP contribution in [0.1, 0.15) is 132 Å². The van der Waals surface area contributed by atoms with E-state index in [4.69, 9.17) is 0 Å². The second kappa shape index (κ2) is 15.3. The Hall–Kier alpha value is -2.34. The number of unbranched alkanes of at least 4 members (excludes halogenated alkanes) is 2. The predicted molar refractivity (Wildman–Crippen MR) is 172 cm³/mol. The molecule has 0 spiro atoms. The Labute approximate surface area is 236 Å². The van der Waals surface area contributed by atoms with Crippen LogP contribution < -0.4 is 0 Å². The van der Waals surface area contributed by atoms with E-state index in [1.165, 1.54) is 70.2 Å². The first kappa shape index (κ1) is 31.9. The second-order valence-electron chi connectivity index (χ2n) is 13.1. The number of aryl methyl sites for hydroxylation is 1. The van der Waals surface area contributed by atoms with Crippen LogP contribution in [-0.2, 0) is 12.8 Å². The van der Waals surface area contributed by atoms with Crippen molar-refractivity contribution >= 4 is 5.57 Å². The number of benzene rings is 2. The van der Waals surface area contributed by atoms with Gasteiger partial charge in [0.05, 0.1) is 0 Å². The fourth-order valence-corrected chi connectivity index (χ4v) is 5.75. The molecule has 0 amide bonds. The molecule has 0 saturated carbocycles. The molecule has 0 heteroatoms. The number of hydrogen-bond acceptors (Lipinski definition) is 0. The molecular formula is C38H56. The molecule has 0 saturated heterocycles. The van der Waals surface area contributed by atoms with E-state index >= 15 is 0 Å². The van der Waals surface area contributed by atoms with E-state index in [0.717, 1.165) is 38.5 Å². The largest absolute Gasteiger partial charge is 0.103 e. The summed E-state index contributed by atoms with van der Waals surface area (Å²) in [6, 6.07) is 14.2. The van der Waals surface area contributed by atoms with Crippen molar-refractivity contribution in [1.82, 2.24) is 0 Å². The van der Waals surface area contributed by atoms with Crippen molar-refractivity contribution in [3.8, 4) is 0 Å². The lowest BCUT2D eigenvalue weighted by molar-refractivity contribution is 0.386. The molecule has 38 heavy (non-hydrogen) atoms. The van der Waals surface area contributed by atoms with E-state index in [1.54, 1.807) is 0 Å². The van der Waals surface area contributed by atoms with Crippen molar-refractivity contribution in [2.24, 2.45) is 11.3 Å². The molecule has 0 fully saturated rings. The Morgan fingerprint density at radius 2 is 1.66 bits per heavy atom. The summed E-state index contributed by atoms with van der Waals surface area (Å²) in [6.07, 6.45) is 13.6. The van der Waals surface area contributed by atoms with Crippen molar-refractivity contribution in [3.05, 3.63) is 101 Å². The van der Waals surface area contributed by atoms with Gasteiger partial charge in [-0.25, -0.2) is 0 Å². The molecule has 0 aliphatic heterocycles. The average Bonchev–Trinajstić information content (AvgIpc) is 2.84. The van der Waals surface area contributed by atoms with Crippen LogP contribution in [0.25, 0.3) is 5.57 Å². The van der Waals surface area contributed by atoms with Crippen LogP contribution in [0.15, 0.2) is 67.8 Å². The maximum Gasteiger partial charge on any atom is -0.00195 e. The zero-order valence-electron chi connectivity index (χ0n) is 25.9. The first-order valence-corrected chi connectivity index (χ1v) is 15.1. The summed E-state index contributed by atoms with van der Waals surface area (Å²) in [6.45, 7) is 28.7. The Balaban J connectivity index is 2.28. The molecule has 2 aromatic rings. The molecule has 0 aromatic heterocycles. The minimum Gasteiger partial charge on any atom is -0.103 e. The highest BCUT2D eigenvalue weighted by Gasteiger charge is 2.16. The lowest BCUT2D eigenvalue weighted by atomic mass is 9.83. The van der Waals surface area contributed by atoms with Crippen LogP contribution in [0, 0.1) is 18.3 Å². The van der Waals surface area contributed by atoms with Gasteiger partial charge in [-0.05, 0) is 114 Å². The molecular weight excluding hydrogens is 456 g/mol. The molecule has 1 atom stereocenters. The Kier molecular flexibility index (Phi) is 12.8. The second-order valence-corrected chi connectivity index (χ2v) is 13.1. The third-order valence-electron chi connectivity index (χ3n) is 7.82. The average molecular weight is 513 g/mol. The van der Waals surface area contributed by atoms with E-state index in [0.29, 0.717) is 17.3 Å². The summed E-state index contributed by atoms with van der Waals surface area (Å²) in [7, 11) is 0. The van der Waals surface area contributed by atoms with Crippen LogP contribution >= 0.6 is 0 Å². The normalized spacial score (nSPS) is 12.5. The van der Waals surface area contributed by atoms with E-state index in [-0.39, 0.29) is 0 Å². The minimum absolute atomic E-state index is 0.314. The van der Waals surface area contributed by atoms with Crippen molar-refractivity contribution in [1.29, 1.82) is 0 Å². The van der Waals surface area contributed by atoms with Gasteiger partial charge in [-0.2, -0.15) is 0 Å².